The van der Waals surface area contributed by atoms with Gasteiger partial charge in [0.1, 0.15) is 0 Å². The summed E-state index contributed by atoms with van der Waals surface area (Å²) in [5, 5.41) is 10.9. The van der Waals surface area contributed by atoms with E-state index in [-0.39, 0.29) is 12.2 Å². The maximum absolute atomic E-state index is 12.3. The normalized spacial score (nSPS) is 10.7. The minimum Gasteiger partial charge on any atom is -0.272 e. The minimum atomic E-state index is -2.29. The number of amidine groups is 1. The molecule has 1 N–H and O–H groups in total. The van der Waals surface area contributed by atoms with E-state index in [1.54, 1.807) is 13.1 Å². The van der Waals surface area contributed by atoms with Gasteiger partial charge in [-0.2, -0.15) is 14.0 Å². The monoisotopic (exact) mass is 237 g/mol. The van der Waals surface area contributed by atoms with Crippen LogP contribution in [-0.2, 0) is 0 Å². The van der Waals surface area contributed by atoms with E-state index in [4.69, 9.17) is 5.26 Å². The second-order valence-corrected chi connectivity index (χ2v) is 3.36. The second-order valence-electron chi connectivity index (χ2n) is 2.28. The third kappa shape index (κ3) is 6.85. The van der Waals surface area contributed by atoms with Gasteiger partial charge < -0.3 is 0 Å². The highest BCUT2D eigenvalue weighted by atomic mass is 32.2. The lowest BCUT2D eigenvalue weighted by Crippen LogP contribution is -2.14. The van der Waals surface area contributed by atoms with Crippen LogP contribution < -0.4 is 5.32 Å². The molecule has 0 saturated carbocycles. The van der Waals surface area contributed by atoms with Crippen molar-refractivity contribution in [1.82, 2.24) is 5.32 Å². The lowest BCUT2D eigenvalue weighted by molar-refractivity contribution is 0.373. The van der Waals surface area contributed by atoms with Gasteiger partial charge in [-0.05, 0) is 6.92 Å². The Labute approximate surface area is 90.1 Å². The first-order valence-electron chi connectivity index (χ1n) is 4.13. The first kappa shape index (κ1) is 13.8. The van der Waals surface area contributed by atoms with Crippen molar-refractivity contribution in [3.63, 3.8) is 0 Å². The Bertz CT molecular complexity index is 292. The van der Waals surface area contributed by atoms with Crippen LogP contribution in [0.25, 0.3) is 0 Å². The van der Waals surface area contributed by atoms with Gasteiger partial charge in [0.2, 0.25) is 0 Å². The largest absolute Gasteiger partial charge is 0.301 e. The first-order valence-corrected chi connectivity index (χ1v) is 5.12. The number of hydrogen-bond acceptors (Lipinski definition) is 3. The Morgan fingerprint density at radius 1 is 1.47 bits per heavy atom. The van der Waals surface area contributed by atoms with Crippen molar-refractivity contribution in [1.29, 1.82) is 5.26 Å². The van der Waals surface area contributed by atoms with Crippen molar-refractivity contribution in [2.45, 2.75) is 13.3 Å². The molecule has 3 nitrogen and oxygen atoms in total. The molecule has 0 aromatic heterocycles. The van der Waals surface area contributed by atoms with Crippen molar-refractivity contribution in [3.8, 4) is 6.19 Å². The zero-order valence-electron chi connectivity index (χ0n) is 8.06. The highest BCUT2D eigenvalue weighted by Gasteiger charge is 2.06. The number of halogens is 3. The summed E-state index contributed by atoms with van der Waals surface area (Å²) in [4.78, 5) is 3.88. The number of nitriles is 1. The van der Waals surface area contributed by atoms with Crippen molar-refractivity contribution >= 4 is 16.9 Å². The van der Waals surface area contributed by atoms with E-state index in [0.717, 1.165) is 11.8 Å². The molecule has 0 radical (unpaired) electrons. The molecule has 0 aliphatic heterocycles. The van der Waals surface area contributed by atoms with Gasteiger partial charge in [0.25, 0.3) is 0 Å². The lowest BCUT2D eigenvalue weighted by Gasteiger charge is -2.01. The van der Waals surface area contributed by atoms with E-state index in [1.807, 2.05) is 0 Å². The van der Waals surface area contributed by atoms with Crippen LogP contribution in [0.2, 0.25) is 0 Å². The van der Waals surface area contributed by atoms with E-state index >= 15 is 0 Å². The molecule has 0 amide bonds. The topological polar surface area (TPSA) is 48.2 Å². The molecule has 0 saturated heterocycles. The summed E-state index contributed by atoms with van der Waals surface area (Å²) in [6.07, 6.45) is -1.01. The molecule has 0 spiro atoms. The minimum absolute atomic E-state index is 0.108. The zero-order chi connectivity index (χ0) is 11.7. The molecule has 0 fully saturated rings. The number of aliphatic imine (C=N–C) groups is 1. The summed E-state index contributed by atoms with van der Waals surface area (Å²) in [6.45, 7) is 2.23. The van der Waals surface area contributed by atoms with Crippen LogP contribution >= 0.6 is 11.8 Å². The van der Waals surface area contributed by atoms with Crippen LogP contribution in [0.1, 0.15) is 13.3 Å². The van der Waals surface area contributed by atoms with Crippen molar-refractivity contribution in [2.24, 2.45) is 4.99 Å². The number of thioether (sulfide) groups is 1. The molecule has 84 valence electrons. The van der Waals surface area contributed by atoms with Crippen LogP contribution in [0.5, 0.6) is 0 Å². The Morgan fingerprint density at radius 3 is 2.60 bits per heavy atom. The molecule has 0 aliphatic carbocycles. The number of allylic oxidation sites excluding steroid dienone is 1. The van der Waals surface area contributed by atoms with E-state index in [9.17, 15) is 13.2 Å². The van der Waals surface area contributed by atoms with Gasteiger partial charge in [0, 0.05) is 18.7 Å². The SMILES string of the molecule is CCN=C(NC#N)SCCC(F)=C(F)F. The summed E-state index contributed by atoms with van der Waals surface area (Å²) in [5.74, 6) is -1.31. The molecule has 0 aromatic rings. The molecule has 0 aliphatic rings. The van der Waals surface area contributed by atoms with Crippen LogP contribution in [0.3, 0.4) is 0 Å². The Kier molecular flexibility index (Phi) is 7.54. The summed E-state index contributed by atoms with van der Waals surface area (Å²) in [7, 11) is 0. The highest BCUT2D eigenvalue weighted by Crippen LogP contribution is 2.16. The van der Waals surface area contributed by atoms with Crippen LogP contribution in [-0.4, -0.2) is 17.5 Å². The molecular weight excluding hydrogens is 227 g/mol. The quantitative estimate of drug-likeness (QED) is 0.354. The summed E-state index contributed by atoms with van der Waals surface area (Å²) < 4.78 is 35.6. The average molecular weight is 237 g/mol. The van der Waals surface area contributed by atoms with Gasteiger partial charge in [-0.1, -0.05) is 11.8 Å². The number of hydrogen-bond donors (Lipinski definition) is 1. The van der Waals surface area contributed by atoms with E-state index in [2.05, 4.69) is 10.3 Å². The van der Waals surface area contributed by atoms with Crippen molar-refractivity contribution < 1.29 is 13.2 Å². The summed E-state index contributed by atoms with van der Waals surface area (Å²) in [6, 6.07) is 0. The fourth-order valence-electron chi connectivity index (χ4n) is 0.644. The zero-order valence-corrected chi connectivity index (χ0v) is 8.87. The molecule has 0 heterocycles. The fourth-order valence-corrected chi connectivity index (χ4v) is 1.46. The molecule has 0 bridgehead atoms. The second kappa shape index (κ2) is 8.17. The maximum Gasteiger partial charge on any atom is 0.301 e. The van der Waals surface area contributed by atoms with E-state index in [1.165, 1.54) is 0 Å². The van der Waals surface area contributed by atoms with Gasteiger partial charge in [0.05, 0.1) is 0 Å². The Hall–Kier alpha value is -1.16. The number of nitrogens with one attached hydrogen (secondary N) is 1. The third-order valence-electron chi connectivity index (χ3n) is 1.23. The van der Waals surface area contributed by atoms with Gasteiger partial charge in [-0.25, -0.2) is 4.39 Å². The fraction of sp³-hybridized carbons (Fsp3) is 0.500. The van der Waals surface area contributed by atoms with Gasteiger partial charge in [-0.15, -0.1) is 0 Å². The highest BCUT2D eigenvalue weighted by molar-refractivity contribution is 8.13. The molecule has 7 heteroatoms. The van der Waals surface area contributed by atoms with Gasteiger partial charge >= 0.3 is 6.08 Å². The van der Waals surface area contributed by atoms with Gasteiger partial charge in [-0.3, -0.25) is 10.3 Å². The number of rotatable bonds is 4. The van der Waals surface area contributed by atoms with E-state index in [0.29, 0.717) is 11.7 Å². The molecule has 0 aromatic carbocycles. The van der Waals surface area contributed by atoms with Crippen LogP contribution in [0.4, 0.5) is 13.2 Å². The predicted octanol–water partition coefficient (Wildman–Crippen LogP) is 2.63. The molecular formula is C8H10F3N3S. The summed E-state index contributed by atoms with van der Waals surface area (Å²) >= 11 is 1.03. The standard InChI is InChI=1S/C8H10F3N3S/c1-2-13-8(14-5-12)15-4-3-6(9)7(10)11/h2-4H2,1H3,(H,13,14). The smallest absolute Gasteiger partial charge is 0.272 e. The van der Waals surface area contributed by atoms with Crippen molar-refractivity contribution in [3.05, 3.63) is 11.9 Å². The van der Waals surface area contributed by atoms with Crippen LogP contribution in [0.15, 0.2) is 16.9 Å². The predicted molar refractivity (Wildman–Crippen MR) is 54.1 cm³/mol. The molecule has 15 heavy (non-hydrogen) atoms. The maximum atomic E-state index is 12.3. The Balaban J connectivity index is 3.98. The number of nitrogens with zero attached hydrogens (tertiary/aromatic N) is 2. The summed E-state index contributed by atoms with van der Waals surface area (Å²) in [5.41, 5.74) is 0. The molecule has 0 unspecified atom stereocenters. The lowest BCUT2D eigenvalue weighted by atomic mass is 10.4. The van der Waals surface area contributed by atoms with Gasteiger partial charge in [0.15, 0.2) is 17.2 Å². The Morgan fingerprint density at radius 2 is 2.13 bits per heavy atom. The first-order chi connectivity index (χ1) is 7.11. The van der Waals surface area contributed by atoms with E-state index < -0.39 is 11.9 Å². The third-order valence-corrected chi connectivity index (χ3v) is 2.14. The molecule has 0 rings (SSSR count). The molecule has 0 atom stereocenters. The van der Waals surface area contributed by atoms with Crippen molar-refractivity contribution in [2.75, 3.05) is 12.3 Å². The van der Waals surface area contributed by atoms with Crippen LogP contribution in [0, 0.1) is 11.5 Å². The average Bonchev–Trinajstić information content (AvgIpc) is 2.18.